The number of hydrogen-bond acceptors (Lipinski definition) is 3. The molecule has 0 spiro atoms. The summed E-state index contributed by atoms with van der Waals surface area (Å²) in [6, 6.07) is 14.4. The normalized spacial score (nSPS) is 17.8. The lowest BCUT2D eigenvalue weighted by molar-refractivity contribution is -0.119. The van der Waals surface area contributed by atoms with Gasteiger partial charge in [0.05, 0.1) is 5.69 Å². The van der Waals surface area contributed by atoms with Gasteiger partial charge in [-0.2, -0.15) is 0 Å². The molecule has 1 aliphatic heterocycles. The lowest BCUT2D eigenvalue weighted by atomic mass is 9.86. The van der Waals surface area contributed by atoms with Crippen LogP contribution in [0.3, 0.4) is 0 Å². The fourth-order valence-corrected chi connectivity index (χ4v) is 4.26. The van der Waals surface area contributed by atoms with Crippen molar-refractivity contribution in [3.05, 3.63) is 54.2 Å². The first-order valence-electron chi connectivity index (χ1n) is 9.85. The van der Waals surface area contributed by atoms with Gasteiger partial charge in [-0.1, -0.05) is 49.6 Å². The third kappa shape index (κ3) is 3.74. The number of fused-ring (bicyclic) bond motifs is 1. The second-order valence-electron chi connectivity index (χ2n) is 7.51. The van der Waals surface area contributed by atoms with Crippen molar-refractivity contribution < 1.29 is 4.79 Å². The highest BCUT2D eigenvalue weighted by Gasteiger charge is 2.29. The molecule has 0 saturated heterocycles. The Labute approximate surface area is 155 Å². The molecule has 0 bridgehead atoms. The highest BCUT2D eigenvalue weighted by molar-refractivity contribution is 5.97. The summed E-state index contributed by atoms with van der Waals surface area (Å²) in [6.45, 7) is 2.40. The molecular weight excluding hydrogens is 322 g/mol. The van der Waals surface area contributed by atoms with Crippen LogP contribution in [-0.2, 0) is 11.3 Å². The summed E-state index contributed by atoms with van der Waals surface area (Å²) < 4.78 is 0. The largest absolute Gasteiger partial charge is 0.349 e. The smallest absolute Gasteiger partial charge is 0.227 e. The highest BCUT2D eigenvalue weighted by atomic mass is 16.2. The first kappa shape index (κ1) is 17.1. The van der Waals surface area contributed by atoms with Crippen LogP contribution in [0.25, 0.3) is 0 Å². The molecule has 26 heavy (non-hydrogen) atoms. The van der Waals surface area contributed by atoms with E-state index < -0.39 is 0 Å². The Bertz CT molecular complexity index is 740. The zero-order valence-corrected chi connectivity index (χ0v) is 15.3. The summed E-state index contributed by atoms with van der Waals surface area (Å²) in [5.74, 6) is 1.77. The van der Waals surface area contributed by atoms with Crippen molar-refractivity contribution in [1.29, 1.82) is 0 Å². The Balaban J connectivity index is 1.50. The lowest BCUT2D eigenvalue weighted by Crippen LogP contribution is -2.44. The predicted octanol–water partition coefficient (Wildman–Crippen LogP) is 4.41. The van der Waals surface area contributed by atoms with E-state index in [0.717, 1.165) is 31.1 Å². The molecule has 2 heterocycles. The molecule has 1 fully saturated rings. The van der Waals surface area contributed by atoms with Gasteiger partial charge in [0, 0.05) is 32.3 Å². The predicted molar refractivity (Wildman–Crippen MR) is 105 cm³/mol. The minimum absolute atomic E-state index is 0.269. The number of carbonyl (C=O) groups is 1. The van der Waals surface area contributed by atoms with Crippen LogP contribution in [0, 0.1) is 5.92 Å². The lowest BCUT2D eigenvalue weighted by Gasteiger charge is -2.37. The summed E-state index contributed by atoms with van der Waals surface area (Å²) in [4.78, 5) is 21.8. The Hall–Kier alpha value is -2.36. The summed E-state index contributed by atoms with van der Waals surface area (Å²) in [5.41, 5.74) is 2.24. The minimum atomic E-state index is 0.269. The average Bonchev–Trinajstić information content (AvgIpc) is 2.70. The van der Waals surface area contributed by atoms with E-state index in [-0.39, 0.29) is 5.91 Å². The van der Waals surface area contributed by atoms with Crippen LogP contribution >= 0.6 is 0 Å². The number of nitrogens with zero attached hydrogens (tertiary/aromatic N) is 3. The third-order valence-electron chi connectivity index (χ3n) is 5.66. The molecule has 1 aromatic carbocycles. The standard InChI is InChI=1S/C22H27N3O/c26-21(16-18-8-3-1-4-9-18)25-15-14-24(17-19-10-5-2-6-11-19)22-20(25)12-7-13-23-22/h2,5-7,10-13,18H,1,3-4,8-9,14-17H2. The van der Waals surface area contributed by atoms with Crippen LogP contribution in [-0.4, -0.2) is 24.0 Å². The molecule has 0 radical (unpaired) electrons. The second kappa shape index (κ2) is 7.90. The zero-order chi connectivity index (χ0) is 17.8. The average molecular weight is 349 g/mol. The van der Waals surface area contributed by atoms with E-state index in [2.05, 4.69) is 34.1 Å². The van der Waals surface area contributed by atoms with Gasteiger partial charge in [-0.15, -0.1) is 0 Å². The molecule has 0 atom stereocenters. The number of rotatable bonds is 4. The second-order valence-corrected chi connectivity index (χ2v) is 7.51. The van der Waals surface area contributed by atoms with Gasteiger partial charge in [0.25, 0.3) is 0 Å². The van der Waals surface area contributed by atoms with Crippen molar-refractivity contribution in [2.75, 3.05) is 22.9 Å². The van der Waals surface area contributed by atoms with Crippen LogP contribution in [0.5, 0.6) is 0 Å². The van der Waals surface area contributed by atoms with E-state index in [1.54, 1.807) is 0 Å². The van der Waals surface area contributed by atoms with Crippen molar-refractivity contribution in [3.8, 4) is 0 Å². The summed E-state index contributed by atoms with van der Waals surface area (Å²) >= 11 is 0. The number of benzene rings is 1. The van der Waals surface area contributed by atoms with Crippen molar-refractivity contribution in [2.24, 2.45) is 5.92 Å². The van der Waals surface area contributed by atoms with Crippen molar-refractivity contribution in [3.63, 3.8) is 0 Å². The molecule has 1 aromatic heterocycles. The highest BCUT2D eigenvalue weighted by Crippen LogP contribution is 2.34. The summed E-state index contributed by atoms with van der Waals surface area (Å²) in [5, 5.41) is 0. The third-order valence-corrected chi connectivity index (χ3v) is 5.66. The number of hydrogen-bond donors (Lipinski definition) is 0. The Morgan fingerprint density at radius 2 is 1.81 bits per heavy atom. The van der Waals surface area contributed by atoms with E-state index in [0.29, 0.717) is 12.3 Å². The maximum Gasteiger partial charge on any atom is 0.227 e. The Kier molecular flexibility index (Phi) is 5.19. The minimum Gasteiger partial charge on any atom is -0.349 e. The zero-order valence-electron chi connectivity index (χ0n) is 15.3. The molecule has 1 aliphatic carbocycles. The van der Waals surface area contributed by atoms with Crippen LogP contribution < -0.4 is 9.80 Å². The van der Waals surface area contributed by atoms with E-state index in [4.69, 9.17) is 0 Å². The molecule has 4 nitrogen and oxygen atoms in total. The first-order valence-corrected chi connectivity index (χ1v) is 9.85. The topological polar surface area (TPSA) is 36.4 Å². The quantitative estimate of drug-likeness (QED) is 0.820. The van der Waals surface area contributed by atoms with Crippen LogP contribution in [0.1, 0.15) is 44.1 Å². The SMILES string of the molecule is O=C(CC1CCCCC1)N1CCN(Cc2ccccc2)c2ncccc21. The molecule has 1 saturated carbocycles. The number of carbonyl (C=O) groups excluding carboxylic acids is 1. The molecule has 2 aromatic rings. The monoisotopic (exact) mass is 349 g/mol. The fourth-order valence-electron chi connectivity index (χ4n) is 4.26. The van der Waals surface area contributed by atoms with Gasteiger partial charge in [0.15, 0.2) is 5.82 Å². The van der Waals surface area contributed by atoms with E-state index >= 15 is 0 Å². The number of anilines is 2. The van der Waals surface area contributed by atoms with Crippen molar-refractivity contribution in [1.82, 2.24) is 4.98 Å². The molecule has 2 aliphatic rings. The number of amides is 1. The van der Waals surface area contributed by atoms with E-state index in [1.807, 2.05) is 29.3 Å². The maximum absolute atomic E-state index is 13.0. The van der Waals surface area contributed by atoms with Crippen molar-refractivity contribution in [2.45, 2.75) is 45.1 Å². The molecule has 4 rings (SSSR count). The Morgan fingerprint density at radius 3 is 2.62 bits per heavy atom. The van der Waals surface area contributed by atoms with Gasteiger partial charge in [-0.25, -0.2) is 4.98 Å². The van der Waals surface area contributed by atoms with Gasteiger partial charge in [0.2, 0.25) is 5.91 Å². The van der Waals surface area contributed by atoms with Crippen LogP contribution in [0.15, 0.2) is 48.7 Å². The maximum atomic E-state index is 13.0. The molecule has 0 unspecified atom stereocenters. The molecule has 0 N–H and O–H groups in total. The van der Waals surface area contributed by atoms with Gasteiger partial charge in [-0.05, 0) is 36.5 Å². The van der Waals surface area contributed by atoms with Crippen LogP contribution in [0.4, 0.5) is 11.5 Å². The number of pyridine rings is 1. The van der Waals surface area contributed by atoms with Gasteiger partial charge in [-0.3, -0.25) is 4.79 Å². The number of aromatic nitrogens is 1. The van der Waals surface area contributed by atoms with Gasteiger partial charge in [0.1, 0.15) is 0 Å². The van der Waals surface area contributed by atoms with Gasteiger partial charge < -0.3 is 9.80 Å². The van der Waals surface area contributed by atoms with Gasteiger partial charge >= 0.3 is 0 Å². The molecule has 4 heteroatoms. The molecule has 136 valence electrons. The first-order chi connectivity index (χ1) is 12.8. The fraction of sp³-hybridized carbons (Fsp3) is 0.455. The molecular formula is C22H27N3O. The molecule has 1 amide bonds. The summed E-state index contributed by atoms with van der Waals surface area (Å²) in [6.07, 6.45) is 8.82. The summed E-state index contributed by atoms with van der Waals surface area (Å²) in [7, 11) is 0. The van der Waals surface area contributed by atoms with Crippen LogP contribution in [0.2, 0.25) is 0 Å². The Morgan fingerprint density at radius 1 is 1.00 bits per heavy atom. The van der Waals surface area contributed by atoms with Crippen molar-refractivity contribution >= 4 is 17.4 Å². The van der Waals surface area contributed by atoms with E-state index in [9.17, 15) is 4.79 Å². The van der Waals surface area contributed by atoms with E-state index in [1.165, 1.54) is 37.7 Å².